The van der Waals surface area contributed by atoms with Crippen molar-refractivity contribution in [2.24, 2.45) is 0 Å². The number of carbonyl (C=O) groups is 1. The summed E-state index contributed by atoms with van der Waals surface area (Å²) in [6.07, 6.45) is 2.13. The average molecular weight is 272 g/mol. The van der Waals surface area contributed by atoms with Crippen LogP contribution in [0.5, 0.6) is 0 Å². The fraction of sp³-hybridized carbons (Fsp3) is 0.333. The van der Waals surface area contributed by atoms with Gasteiger partial charge in [-0.05, 0) is 12.8 Å². The Labute approximate surface area is 116 Å². The zero-order valence-electron chi connectivity index (χ0n) is 11.0. The molecule has 1 heterocycles. The molecule has 1 fully saturated rings. The minimum Gasteiger partial charge on any atom is -0.480 e. The van der Waals surface area contributed by atoms with E-state index in [9.17, 15) is 4.79 Å². The molecule has 0 radical (unpaired) electrons. The van der Waals surface area contributed by atoms with Crippen LogP contribution in [0.15, 0.2) is 40.9 Å². The number of benzene rings is 1. The maximum Gasteiger partial charge on any atom is 0.317 e. The van der Waals surface area contributed by atoms with Gasteiger partial charge in [-0.2, -0.15) is 0 Å². The van der Waals surface area contributed by atoms with Crippen LogP contribution >= 0.6 is 0 Å². The van der Waals surface area contributed by atoms with E-state index < -0.39 is 5.97 Å². The highest BCUT2D eigenvalue weighted by molar-refractivity contribution is 5.69. The molecule has 5 nitrogen and oxygen atoms in total. The Hall–Kier alpha value is -2.14. The standard InChI is InChI=1S/C15H16N2O3/c18-15(19)10-17(13-6-7-13)9-12-8-14(20-16-12)11-4-2-1-3-5-11/h1-5,8,13H,6-7,9-10H2,(H,18,19). The summed E-state index contributed by atoms with van der Waals surface area (Å²) in [5, 5.41) is 13.0. The van der Waals surface area contributed by atoms with Crippen LogP contribution in [-0.2, 0) is 11.3 Å². The van der Waals surface area contributed by atoms with Gasteiger partial charge in [0.25, 0.3) is 0 Å². The van der Waals surface area contributed by atoms with Crippen LogP contribution in [0.3, 0.4) is 0 Å². The van der Waals surface area contributed by atoms with Crippen molar-refractivity contribution in [1.29, 1.82) is 0 Å². The van der Waals surface area contributed by atoms with Crippen molar-refractivity contribution in [3.05, 3.63) is 42.1 Å². The van der Waals surface area contributed by atoms with Crippen molar-refractivity contribution in [2.75, 3.05) is 6.54 Å². The minimum absolute atomic E-state index is 0.0538. The molecular weight excluding hydrogens is 256 g/mol. The number of hydrogen-bond acceptors (Lipinski definition) is 4. The molecule has 1 aliphatic rings. The second kappa shape index (κ2) is 5.46. The van der Waals surface area contributed by atoms with E-state index in [0.29, 0.717) is 18.3 Å². The maximum atomic E-state index is 10.9. The third-order valence-corrected chi connectivity index (χ3v) is 3.38. The van der Waals surface area contributed by atoms with Gasteiger partial charge in [-0.15, -0.1) is 0 Å². The number of nitrogens with zero attached hydrogens (tertiary/aromatic N) is 2. The summed E-state index contributed by atoms with van der Waals surface area (Å²) < 4.78 is 5.33. The zero-order valence-corrected chi connectivity index (χ0v) is 11.0. The third kappa shape index (κ3) is 3.05. The first-order chi connectivity index (χ1) is 9.72. The Morgan fingerprint density at radius 1 is 1.35 bits per heavy atom. The topological polar surface area (TPSA) is 66.6 Å². The summed E-state index contributed by atoms with van der Waals surface area (Å²) in [6.45, 7) is 0.575. The second-order valence-corrected chi connectivity index (χ2v) is 5.08. The monoisotopic (exact) mass is 272 g/mol. The van der Waals surface area contributed by atoms with Crippen LogP contribution in [0.4, 0.5) is 0 Å². The molecule has 5 heteroatoms. The summed E-state index contributed by atoms with van der Waals surface area (Å²) in [4.78, 5) is 12.8. The molecular formula is C15H16N2O3. The van der Waals surface area contributed by atoms with E-state index in [2.05, 4.69) is 5.16 Å². The van der Waals surface area contributed by atoms with E-state index >= 15 is 0 Å². The molecule has 104 valence electrons. The molecule has 1 aliphatic carbocycles. The number of carboxylic acid groups (broad SMARTS) is 1. The van der Waals surface area contributed by atoms with Crippen molar-refractivity contribution in [3.8, 4) is 11.3 Å². The van der Waals surface area contributed by atoms with E-state index in [1.807, 2.05) is 41.3 Å². The average Bonchev–Trinajstić information content (AvgIpc) is 3.19. The number of rotatable bonds is 6. The Morgan fingerprint density at radius 3 is 2.75 bits per heavy atom. The number of hydrogen-bond donors (Lipinski definition) is 1. The Balaban J connectivity index is 1.71. The van der Waals surface area contributed by atoms with Crippen LogP contribution in [0.1, 0.15) is 18.5 Å². The van der Waals surface area contributed by atoms with Gasteiger partial charge in [-0.1, -0.05) is 35.5 Å². The minimum atomic E-state index is -0.802. The molecule has 1 N–H and O–H groups in total. The normalized spacial score (nSPS) is 14.7. The lowest BCUT2D eigenvalue weighted by molar-refractivity contribution is -0.138. The summed E-state index contributed by atoms with van der Waals surface area (Å²) in [7, 11) is 0. The maximum absolute atomic E-state index is 10.9. The predicted molar refractivity (Wildman–Crippen MR) is 73.0 cm³/mol. The van der Waals surface area contributed by atoms with Gasteiger partial charge in [0.05, 0.1) is 12.2 Å². The first-order valence-electron chi connectivity index (χ1n) is 6.69. The van der Waals surface area contributed by atoms with Gasteiger partial charge in [-0.3, -0.25) is 9.69 Å². The van der Waals surface area contributed by atoms with Crippen molar-refractivity contribution in [3.63, 3.8) is 0 Å². The van der Waals surface area contributed by atoms with Crippen LogP contribution in [0, 0.1) is 0 Å². The van der Waals surface area contributed by atoms with Crippen molar-refractivity contribution in [1.82, 2.24) is 10.1 Å². The molecule has 1 aromatic heterocycles. The molecule has 2 aromatic rings. The van der Waals surface area contributed by atoms with Gasteiger partial charge < -0.3 is 9.63 Å². The molecule has 3 rings (SSSR count). The first-order valence-corrected chi connectivity index (χ1v) is 6.69. The smallest absolute Gasteiger partial charge is 0.317 e. The van der Waals surface area contributed by atoms with Gasteiger partial charge in [-0.25, -0.2) is 0 Å². The third-order valence-electron chi connectivity index (χ3n) is 3.38. The van der Waals surface area contributed by atoms with Gasteiger partial charge in [0.2, 0.25) is 0 Å². The van der Waals surface area contributed by atoms with Crippen LogP contribution in [-0.4, -0.2) is 33.7 Å². The van der Waals surface area contributed by atoms with Crippen LogP contribution in [0.2, 0.25) is 0 Å². The quantitative estimate of drug-likeness (QED) is 0.874. The highest BCUT2D eigenvalue weighted by Crippen LogP contribution is 2.28. The van der Waals surface area contributed by atoms with Gasteiger partial charge in [0.1, 0.15) is 0 Å². The summed E-state index contributed by atoms with van der Waals surface area (Å²) in [5.41, 5.74) is 1.75. The molecule has 0 aliphatic heterocycles. The molecule has 20 heavy (non-hydrogen) atoms. The summed E-state index contributed by atoms with van der Waals surface area (Å²) >= 11 is 0. The molecule has 0 saturated heterocycles. The largest absolute Gasteiger partial charge is 0.480 e. The van der Waals surface area contributed by atoms with E-state index in [-0.39, 0.29) is 6.54 Å². The summed E-state index contributed by atoms with van der Waals surface area (Å²) in [5.74, 6) is -0.0876. The van der Waals surface area contributed by atoms with E-state index in [4.69, 9.17) is 9.63 Å². The molecule has 0 bridgehead atoms. The van der Waals surface area contributed by atoms with Crippen LogP contribution in [0.25, 0.3) is 11.3 Å². The SMILES string of the molecule is O=C(O)CN(Cc1cc(-c2ccccc2)on1)C1CC1. The predicted octanol–water partition coefficient (Wildman–Crippen LogP) is 2.39. The van der Waals surface area contributed by atoms with Crippen molar-refractivity contribution in [2.45, 2.75) is 25.4 Å². The number of aromatic nitrogens is 1. The van der Waals surface area contributed by atoms with Crippen LogP contribution < -0.4 is 0 Å². The molecule has 0 unspecified atom stereocenters. The molecule has 1 saturated carbocycles. The molecule has 0 atom stereocenters. The highest BCUT2D eigenvalue weighted by atomic mass is 16.5. The first kappa shape index (κ1) is 12.9. The Morgan fingerprint density at radius 2 is 2.10 bits per heavy atom. The Bertz CT molecular complexity index is 590. The lowest BCUT2D eigenvalue weighted by atomic mass is 10.1. The van der Waals surface area contributed by atoms with E-state index in [0.717, 1.165) is 24.1 Å². The Kier molecular flexibility index (Phi) is 3.52. The highest BCUT2D eigenvalue weighted by Gasteiger charge is 2.30. The van der Waals surface area contributed by atoms with Crippen molar-refractivity contribution >= 4 is 5.97 Å². The number of aliphatic carboxylic acids is 1. The van der Waals surface area contributed by atoms with Gasteiger partial charge in [0.15, 0.2) is 5.76 Å². The zero-order chi connectivity index (χ0) is 13.9. The van der Waals surface area contributed by atoms with Gasteiger partial charge in [0, 0.05) is 24.2 Å². The molecule has 0 spiro atoms. The molecule has 0 amide bonds. The fourth-order valence-electron chi connectivity index (χ4n) is 2.26. The fourth-order valence-corrected chi connectivity index (χ4v) is 2.26. The van der Waals surface area contributed by atoms with E-state index in [1.54, 1.807) is 0 Å². The van der Waals surface area contributed by atoms with Gasteiger partial charge >= 0.3 is 5.97 Å². The number of carboxylic acids is 1. The molecule has 1 aromatic carbocycles. The van der Waals surface area contributed by atoms with E-state index in [1.165, 1.54) is 0 Å². The summed E-state index contributed by atoms with van der Waals surface area (Å²) in [6, 6.07) is 12.0. The lowest BCUT2D eigenvalue weighted by Gasteiger charge is -2.17. The second-order valence-electron chi connectivity index (χ2n) is 5.08. The van der Waals surface area contributed by atoms with Crippen molar-refractivity contribution < 1.29 is 14.4 Å². The lowest BCUT2D eigenvalue weighted by Crippen LogP contribution is -2.31.